The molecule has 0 saturated carbocycles. The van der Waals surface area contributed by atoms with Crippen LogP contribution in [0.15, 0.2) is 18.2 Å². The molecule has 1 unspecified atom stereocenters. The maximum absolute atomic E-state index is 12.0. The highest BCUT2D eigenvalue weighted by atomic mass is 32.2. The van der Waals surface area contributed by atoms with Gasteiger partial charge in [0.15, 0.2) is 9.84 Å². The van der Waals surface area contributed by atoms with Crippen LogP contribution < -0.4 is 10.2 Å². The van der Waals surface area contributed by atoms with Crippen LogP contribution in [0.4, 0.5) is 11.4 Å². The number of anilines is 2. The third kappa shape index (κ3) is 1.85. The quantitative estimate of drug-likeness (QED) is 0.727. The average Bonchev–Trinajstić information content (AvgIpc) is 2.37. The summed E-state index contributed by atoms with van der Waals surface area (Å²) in [5, 5.41) is 11.7. The number of carbonyl (C=O) groups excluding carboxylic acids is 1. The number of rotatable bonds is 0. The van der Waals surface area contributed by atoms with E-state index in [1.54, 1.807) is 23.1 Å². The predicted molar refractivity (Wildman–Crippen MR) is 69.6 cm³/mol. The second-order valence-corrected chi connectivity index (χ2v) is 6.85. The summed E-state index contributed by atoms with van der Waals surface area (Å²) in [5.41, 5.74) is 1.59. The summed E-state index contributed by atoms with van der Waals surface area (Å²) in [7, 11) is -3.17. The van der Waals surface area contributed by atoms with Crippen molar-refractivity contribution in [2.24, 2.45) is 0 Å². The lowest BCUT2D eigenvalue weighted by molar-refractivity contribution is -0.117. The van der Waals surface area contributed by atoms with Gasteiger partial charge in [0.25, 0.3) is 0 Å². The third-order valence-corrected chi connectivity index (χ3v) is 5.08. The molecule has 7 heteroatoms. The molecule has 0 bridgehead atoms. The lowest BCUT2D eigenvalue weighted by atomic mass is 10.1. The molecule has 1 amide bonds. The summed E-state index contributed by atoms with van der Waals surface area (Å²) in [6.45, 7) is 0.280. The van der Waals surface area contributed by atoms with Crippen LogP contribution in [0.3, 0.4) is 0 Å². The summed E-state index contributed by atoms with van der Waals surface area (Å²) < 4.78 is 23.3. The van der Waals surface area contributed by atoms with E-state index >= 15 is 0 Å². The Morgan fingerprint density at radius 1 is 1.42 bits per heavy atom. The Morgan fingerprint density at radius 3 is 2.95 bits per heavy atom. The average molecular weight is 277 g/mol. The van der Waals surface area contributed by atoms with Gasteiger partial charge in [-0.2, -0.15) is 5.26 Å². The molecule has 2 heterocycles. The zero-order valence-electron chi connectivity index (χ0n) is 9.96. The highest BCUT2D eigenvalue weighted by molar-refractivity contribution is 7.91. The van der Waals surface area contributed by atoms with Gasteiger partial charge in [0.2, 0.25) is 5.91 Å². The highest BCUT2D eigenvalue weighted by Gasteiger charge is 2.40. The Kier molecular flexibility index (Phi) is 2.50. The number of amides is 1. The first-order valence-corrected chi connectivity index (χ1v) is 7.65. The lowest BCUT2D eigenvalue weighted by Crippen LogP contribution is -2.57. The van der Waals surface area contributed by atoms with Crippen LogP contribution in [-0.4, -0.2) is 38.4 Å². The van der Waals surface area contributed by atoms with Crippen molar-refractivity contribution in [3.05, 3.63) is 23.8 Å². The van der Waals surface area contributed by atoms with E-state index in [-0.39, 0.29) is 24.0 Å². The molecule has 0 spiro atoms. The topological polar surface area (TPSA) is 90.3 Å². The van der Waals surface area contributed by atoms with Crippen LogP contribution in [0.1, 0.15) is 5.56 Å². The molecule has 0 radical (unpaired) electrons. The molecule has 0 aliphatic carbocycles. The van der Waals surface area contributed by atoms with Gasteiger partial charge in [0.1, 0.15) is 12.1 Å². The zero-order chi connectivity index (χ0) is 13.6. The summed E-state index contributed by atoms with van der Waals surface area (Å²) in [5.74, 6) is -0.499. The van der Waals surface area contributed by atoms with Gasteiger partial charge < -0.3 is 10.2 Å². The van der Waals surface area contributed by atoms with Crippen molar-refractivity contribution in [3.63, 3.8) is 0 Å². The molecule has 98 valence electrons. The number of carbonyl (C=O) groups is 1. The normalized spacial score (nSPS) is 23.8. The van der Waals surface area contributed by atoms with Gasteiger partial charge in [-0.1, -0.05) is 6.07 Å². The number of nitrogens with one attached hydrogen (secondary N) is 1. The van der Waals surface area contributed by atoms with Gasteiger partial charge in [-0.3, -0.25) is 4.79 Å². The Morgan fingerprint density at radius 2 is 2.21 bits per heavy atom. The van der Waals surface area contributed by atoms with E-state index in [1.807, 2.05) is 6.07 Å². The van der Waals surface area contributed by atoms with Crippen molar-refractivity contribution in [3.8, 4) is 6.07 Å². The van der Waals surface area contributed by atoms with E-state index in [4.69, 9.17) is 5.26 Å². The maximum Gasteiger partial charge on any atom is 0.248 e. The molecule has 6 nitrogen and oxygen atoms in total. The van der Waals surface area contributed by atoms with Crippen molar-refractivity contribution in [1.82, 2.24) is 0 Å². The number of sulfone groups is 1. The number of nitrogens with zero attached hydrogens (tertiary/aromatic N) is 2. The van der Waals surface area contributed by atoms with Gasteiger partial charge >= 0.3 is 0 Å². The van der Waals surface area contributed by atoms with Crippen LogP contribution in [-0.2, 0) is 14.6 Å². The molecular formula is C12H11N3O3S. The van der Waals surface area contributed by atoms with E-state index < -0.39 is 15.9 Å². The number of para-hydroxylation sites is 1. The Bertz CT molecular complexity index is 705. The van der Waals surface area contributed by atoms with Gasteiger partial charge in [-0.05, 0) is 12.1 Å². The van der Waals surface area contributed by atoms with Crippen molar-refractivity contribution in [1.29, 1.82) is 5.26 Å². The summed E-state index contributed by atoms with van der Waals surface area (Å²) in [6.07, 6.45) is 0. The second-order valence-electron chi connectivity index (χ2n) is 4.62. The van der Waals surface area contributed by atoms with Crippen LogP contribution in [0.2, 0.25) is 0 Å². The number of hydrogen-bond donors (Lipinski definition) is 1. The molecule has 2 aliphatic heterocycles. The summed E-state index contributed by atoms with van der Waals surface area (Å²) in [6, 6.07) is 6.48. The molecule has 1 aromatic carbocycles. The summed E-state index contributed by atoms with van der Waals surface area (Å²) in [4.78, 5) is 13.8. The molecule has 1 N–H and O–H groups in total. The van der Waals surface area contributed by atoms with E-state index in [2.05, 4.69) is 5.32 Å². The van der Waals surface area contributed by atoms with Crippen LogP contribution >= 0.6 is 0 Å². The monoisotopic (exact) mass is 277 g/mol. The first-order chi connectivity index (χ1) is 9.02. The SMILES string of the molecule is N#Cc1cccc2c1NC(=O)C1CS(=O)(=O)CCN21. The van der Waals surface area contributed by atoms with Crippen molar-refractivity contribution in [2.45, 2.75) is 6.04 Å². The minimum absolute atomic E-state index is 0.0347. The molecule has 19 heavy (non-hydrogen) atoms. The van der Waals surface area contributed by atoms with Gasteiger partial charge in [-0.15, -0.1) is 0 Å². The fourth-order valence-electron chi connectivity index (χ4n) is 2.52. The minimum Gasteiger partial charge on any atom is -0.356 e. The largest absolute Gasteiger partial charge is 0.356 e. The second kappa shape index (κ2) is 3.96. The maximum atomic E-state index is 12.0. The molecule has 3 rings (SSSR count). The third-order valence-electron chi connectivity index (χ3n) is 3.45. The van der Waals surface area contributed by atoms with Crippen LogP contribution in [0.5, 0.6) is 0 Å². The molecule has 0 aromatic heterocycles. The van der Waals surface area contributed by atoms with Crippen LogP contribution in [0.25, 0.3) is 0 Å². The first kappa shape index (κ1) is 12.0. The predicted octanol–water partition coefficient (Wildman–Crippen LogP) is 0.114. The number of nitriles is 1. The number of fused-ring (bicyclic) bond motifs is 3. The molecule has 1 saturated heterocycles. The van der Waals surface area contributed by atoms with Crippen molar-refractivity contribution >= 4 is 27.1 Å². The summed E-state index contributed by atoms with van der Waals surface area (Å²) >= 11 is 0. The Balaban J connectivity index is 2.11. The molecule has 2 aliphatic rings. The molecule has 1 fully saturated rings. The van der Waals surface area contributed by atoms with E-state index in [0.29, 0.717) is 11.3 Å². The van der Waals surface area contributed by atoms with E-state index in [9.17, 15) is 13.2 Å². The number of hydrogen-bond acceptors (Lipinski definition) is 5. The Labute approximate surface area is 110 Å². The van der Waals surface area contributed by atoms with Crippen molar-refractivity contribution < 1.29 is 13.2 Å². The van der Waals surface area contributed by atoms with E-state index in [0.717, 1.165) is 5.69 Å². The standard InChI is InChI=1S/C12H11N3O3S/c13-6-8-2-1-3-9-11(8)14-12(16)10-7-19(17,18)5-4-15(9)10/h1-3,10H,4-5,7H2,(H,14,16). The fourth-order valence-corrected chi connectivity index (χ4v) is 3.98. The first-order valence-electron chi connectivity index (χ1n) is 5.83. The van der Waals surface area contributed by atoms with Crippen molar-refractivity contribution in [2.75, 3.05) is 28.3 Å². The Hall–Kier alpha value is -2.07. The lowest BCUT2D eigenvalue weighted by Gasteiger charge is -2.40. The molecule has 1 aromatic rings. The smallest absolute Gasteiger partial charge is 0.248 e. The molecular weight excluding hydrogens is 266 g/mol. The number of benzene rings is 1. The van der Waals surface area contributed by atoms with Crippen LogP contribution in [0, 0.1) is 11.3 Å². The zero-order valence-corrected chi connectivity index (χ0v) is 10.8. The van der Waals surface area contributed by atoms with Gasteiger partial charge in [0.05, 0.1) is 28.4 Å². The molecule has 1 atom stereocenters. The van der Waals surface area contributed by atoms with E-state index in [1.165, 1.54) is 0 Å². The fraction of sp³-hybridized carbons (Fsp3) is 0.333. The minimum atomic E-state index is -3.17. The van der Waals surface area contributed by atoms with Gasteiger partial charge in [-0.25, -0.2) is 8.42 Å². The highest BCUT2D eigenvalue weighted by Crippen LogP contribution is 2.36. The van der Waals surface area contributed by atoms with Gasteiger partial charge in [0, 0.05) is 6.54 Å².